The molecule has 1 aliphatic rings. The SMILES string of the molecule is CC1(C)CCCC(Nc2ccc(N)nn2)C1. The van der Waals surface area contributed by atoms with Crippen molar-refractivity contribution >= 4 is 11.6 Å². The number of aromatic nitrogens is 2. The first-order valence-corrected chi connectivity index (χ1v) is 5.91. The molecule has 1 saturated carbocycles. The number of rotatable bonds is 2. The maximum absolute atomic E-state index is 5.50. The summed E-state index contributed by atoms with van der Waals surface area (Å²) < 4.78 is 0. The van der Waals surface area contributed by atoms with E-state index in [1.165, 1.54) is 25.7 Å². The van der Waals surface area contributed by atoms with E-state index in [2.05, 4.69) is 29.4 Å². The van der Waals surface area contributed by atoms with Crippen molar-refractivity contribution in [2.45, 2.75) is 45.6 Å². The standard InChI is InChI=1S/C12H20N4/c1-12(2)7-3-4-9(8-12)14-11-6-5-10(13)15-16-11/h5-6,9H,3-4,7-8H2,1-2H3,(H2,13,15)(H,14,16). The average Bonchev–Trinajstić information content (AvgIpc) is 2.20. The van der Waals surface area contributed by atoms with E-state index in [-0.39, 0.29) is 0 Å². The van der Waals surface area contributed by atoms with E-state index >= 15 is 0 Å². The normalized spacial score (nSPS) is 24.0. The van der Waals surface area contributed by atoms with E-state index in [1.54, 1.807) is 6.07 Å². The summed E-state index contributed by atoms with van der Waals surface area (Å²) in [6.45, 7) is 4.66. The molecule has 1 aliphatic carbocycles. The second-order valence-corrected chi connectivity index (χ2v) is 5.45. The molecule has 0 aliphatic heterocycles. The van der Waals surface area contributed by atoms with Crippen LogP contribution in [0.2, 0.25) is 0 Å². The van der Waals surface area contributed by atoms with E-state index in [9.17, 15) is 0 Å². The zero-order valence-corrected chi connectivity index (χ0v) is 10.0. The molecule has 0 saturated heterocycles. The molecular formula is C12H20N4. The van der Waals surface area contributed by atoms with Crippen LogP contribution in [0.1, 0.15) is 39.5 Å². The van der Waals surface area contributed by atoms with Crippen molar-refractivity contribution in [3.05, 3.63) is 12.1 Å². The molecule has 0 aromatic carbocycles. The molecule has 1 unspecified atom stereocenters. The maximum Gasteiger partial charge on any atom is 0.149 e. The summed E-state index contributed by atoms with van der Waals surface area (Å²) in [6, 6.07) is 4.19. The van der Waals surface area contributed by atoms with Crippen molar-refractivity contribution in [3.63, 3.8) is 0 Å². The van der Waals surface area contributed by atoms with E-state index in [1.807, 2.05) is 6.07 Å². The number of hydrogen-bond donors (Lipinski definition) is 2. The van der Waals surface area contributed by atoms with Crippen LogP contribution in [0, 0.1) is 5.41 Å². The molecule has 1 atom stereocenters. The lowest BCUT2D eigenvalue weighted by Gasteiger charge is -2.35. The van der Waals surface area contributed by atoms with E-state index in [0.29, 0.717) is 17.3 Å². The Balaban J connectivity index is 1.97. The van der Waals surface area contributed by atoms with Crippen LogP contribution in [-0.2, 0) is 0 Å². The minimum atomic E-state index is 0.442. The highest BCUT2D eigenvalue weighted by molar-refractivity contribution is 5.39. The van der Waals surface area contributed by atoms with Crippen molar-refractivity contribution in [1.82, 2.24) is 10.2 Å². The molecule has 0 radical (unpaired) electrons. The first kappa shape index (κ1) is 11.2. The fourth-order valence-electron chi connectivity index (χ4n) is 2.45. The molecule has 1 aromatic heterocycles. The molecule has 4 heteroatoms. The number of nitrogens with two attached hydrogens (primary N) is 1. The second kappa shape index (κ2) is 4.28. The van der Waals surface area contributed by atoms with Crippen LogP contribution in [0.4, 0.5) is 11.6 Å². The number of nitrogens with one attached hydrogen (secondary N) is 1. The van der Waals surface area contributed by atoms with Gasteiger partial charge in [0.05, 0.1) is 0 Å². The smallest absolute Gasteiger partial charge is 0.149 e. The van der Waals surface area contributed by atoms with Gasteiger partial charge in [-0.05, 0) is 36.8 Å². The predicted octanol–water partition coefficient (Wildman–Crippen LogP) is 2.44. The van der Waals surface area contributed by atoms with Crippen LogP contribution in [0.25, 0.3) is 0 Å². The van der Waals surface area contributed by atoms with Crippen LogP contribution < -0.4 is 11.1 Å². The van der Waals surface area contributed by atoms with Crippen molar-refractivity contribution in [2.24, 2.45) is 5.41 Å². The lowest BCUT2D eigenvalue weighted by atomic mass is 9.75. The highest BCUT2D eigenvalue weighted by Gasteiger charge is 2.27. The van der Waals surface area contributed by atoms with Crippen molar-refractivity contribution in [3.8, 4) is 0 Å². The van der Waals surface area contributed by atoms with Crippen molar-refractivity contribution in [1.29, 1.82) is 0 Å². The fraction of sp³-hybridized carbons (Fsp3) is 0.667. The highest BCUT2D eigenvalue weighted by Crippen LogP contribution is 2.36. The van der Waals surface area contributed by atoms with Gasteiger partial charge in [-0.25, -0.2) is 0 Å². The third kappa shape index (κ3) is 2.84. The zero-order chi connectivity index (χ0) is 11.6. The van der Waals surface area contributed by atoms with E-state index in [4.69, 9.17) is 5.73 Å². The molecule has 16 heavy (non-hydrogen) atoms. The first-order chi connectivity index (χ1) is 7.55. The maximum atomic E-state index is 5.50. The quantitative estimate of drug-likeness (QED) is 0.803. The Labute approximate surface area is 96.6 Å². The van der Waals surface area contributed by atoms with Crippen molar-refractivity contribution in [2.75, 3.05) is 11.1 Å². The van der Waals surface area contributed by atoms with Crippen LogP contribution >= 0.6 is 0 Å². The third-order valence-electron chi connectivity index (χ3n) is 3.24. The summed E-state index contributed by atoms with van der Waals surface area (Å²) in [4.78, 5) is 0. The molecule has 3 N–H and O–H groups in total. The van der Waals surface area contributed by atoms with Crippen LogP contribution in [-0.4, -0.2) is 16.2 Å². The summed E-state index contributed by atoms with van der Waals surface area (Å²) in [5.41, 5.74) is 5.94. The van der Waals surface area contributed by atoms with Crippen LogP contribution in [0.3, 0.4) is 0 Å². The second-order valence-electron chi connectivity index (χ2n) is 5.45. The molecule has 0 spiro atoms. The van der Waals surface area contributed by atoms with Crippen LogP contribution in [0.15, 0.2) is 12.1 Å². The van der Waals surface area contributed by atoms with Crippen molar-refractivity contribution < 1.29 is 0 Å². The topological polar surface area (TPSA) is 63.8 Å². The van der Waals surface area contributed by atoms with E-state index in [0.717, 1.165) is 5.82 Å². The van der Waals surface area contributed by atoms with Gasteiger partial charge in [0.2, 0.25) is 0 Å². The summed E-state index contributed by atoms with van der Waals surface area (Å²) >= 11 is 0. The summed E-state index contributed by atoms with van der Waals surface area (Å²) in [5.74, 6) is 1.30. The van der Waals surface area contributed by atoms with Gasteiger partial charge in [-0.1, -0.05) is 20.3 Å². The minimum Gasteiger partial charge on any atom is -0.382 e. The number of nitrogen functional groups attached to an aromatic ring is 1. The van der Waals surface area contributed by atoms with E-state index < -0.39 is 0 Å². The summed E-state index contributed by atoms with van der Waals surface area (Å²) in [6.07, 6.45) is 5.01. The molecule has 0 bridgehead atoms. The molecule has 1 heterocycles. The molecule has 0 amide bonds. The number of nitrogens with zero attached hydrogens (tertiary/aromatic N) is 2. The molecule has 1 aromatic rings. The highest BCUT2D eigenvalue weighted by atomic mass is 15.2. The molecule has 2 rings (SSSR count). The van der Waals surface area contributed by atoms with Gasteiger partial charge < -0.3 is 11.1 Å². The Morgan fingerprint density at radius 3 is 2.81 bits per heavy atom. The largest absolute Gasteiger partial charge is 0.382 e. The lowest BCUT2D eigenvalue weighted by Crippen LogP contribution is -2.32. The average molecular weight is 220 g/mol. The van der Waals surface area contributed by atoms with Gasteiger partial charge in [-0.15, -0.1) is 10.2 Å². The minimum absolute atomic E-state index is 0.442. The Hall–Kier alpha value is -1.32. The fourth-order valence-corrected chi connectivity index (χ4v) is 2.45. The molecular weight excluding hydrogens is 200 g/mol. The van der Waals surface area contributed by atoms with Gasteiger partial charge in [-0.2, -0.15) is 0 Å². The Morgan fingerprint density at radius 2 is 2.19 bits per heavy atom. The van der Waals surface area contributed by atoms with Gasteiger partial charge in [0.1, 0.15) is 11.6 Å². The monoisotopic (exact) mass is 220 g/mol. The molecule has 4 nitrogen and oxygen atoms in total. The van der Waals surface area contributed by atoms with Gasteiger partial charge in [0.15, 0.2) is 0 Å². The molecule has 88 valence electrons. The molecule has 1 fully saturated rings. The van der Waals surface area contributed by atoms with Crippen LogP contribution in [0.5, 0.6) is 0 Å². The number of hydrogen-bond acceptors (Lipinski definition) is 4. The lowest BCUT2D eigenvalue weighted by molar-refractivity contribution is 0.229. The number of anilines is 2. The zero-order valence-electron chi connectivity index (χ0n) is 10.0. The Kier molecular flexibility index (Phi) is 2.99. The van der Waals surface area contributed by atoms with Gasteiger partial charge in [-0.3, -0.25) is 0 Å². The first-order valence-electron chi connectivity index (χ1n) is 5.91. The Morgan fingerprint density at radius 1 is 1.38 bits per heavy atom. The Bertz CT molecular complexity index is 345. The predicted molar refractivity (Wildman–Crippen MR) is 66.1 cm³/mol. The van der Waals surface area contributed by atoms with Gasteiger partial charge in [0, 0.05) is 6.04 Å². The third-order valence-corrected chi connectivity index (χ3v) is 3.24. The van der Waals surface area contributed by atoms with Gasteiger partial charge >= 0.3 is 0 Å². The summed E-state index contributed by atoms with van der Waals surface area (Å²) in [5, 5.41) is 11.3. The summed E-state index contributed by atoms with van der Waals surface area (Å²) in [7, 11) is 0. The van der Waals surface area contributed by atoms with Gasteiger partial charge in [0.25, 0.3) is 0 Å².